The molecule has 2 aromatic heterocycles. The standard InChI is InChI=1S/C14H19N5S/c1-11-9-15-10-13(17-11)19-6-4-18(5-7-19)12(2)14-16-3-8-20-14/h3,8-10,12H,4-7H2,1-2H3. The van der Waals surface area contributed by atoms with Crippen LogP contribution >= 0.6 is 11.3 Å². The number of hydrogen-bond donors (Lipinski definition) is 0. The zero-order valence-electron chi connectivity index (χ0n) is 11.9. The number of anilines is 1. The van der Waals surface area contributed by atoms with Crippen molar-refractivity contribution in [3.8, 4) is 0 Å². The predicted octanol–water partition coefficient (Wildman–Crippen LogP) is 2.12. The van der Waals surface area contributed by atoms with Gasteiger partial charge < -0.3 is 4.90 Å². The van der Waals surface area contributed by atoms with Gasteiger partial charge in [0, 0.05) is 44.0 Å². The van der Waals surface area contributed by atoms with Crippen molar-refractivity contribution < 1.29 is 0 Å². The lowest BCUT2D eigenvalue weighted by molar-refractivity contribution is 0.198. The highest BCUT2D eigenvalue weighted by molar-refractivity contribution is 7.09. The van der Waals surface area contributed by atoms with Crippen LogP contribution in [0.2, 0.25) is 0 Å². The van der Waals surface area contributed by atoms with Gasteiger partial charge in [-0.3, -0.25) is 9.88 Å². The molecule has 1 unspecified atom stereocenters. The second-order valence-corrected chi connectivity index (χ2v) is 6.01. The Kier molecular flexibility index (Phi) is 3.93. The highest BCUT2D eigenvalue weighted by atomic mass is 32.1. The molecule has 5 nitrogen and oxygen atoms in total. The van der Waals surface area contributed by atoms with Crippen LogP contribution in [0.25, 0.3) is 0 Å². The molecule has 3 rings (SSSR count). The summed E-state index contributed by atoms with van der Waals surface area (Å²) in [6, 6.07) is 0.403. The maximum atomic E-state index is 4.55. The third-order valence-corrected chi connectivity index (χ3v) is 4.68. The molecule has 0 amide bonds. The van der Waals surface area contributed by atoms with E-state index in [1.54, 1.807) is 17.5 Å². The van der Waals surface area contributed by atoms with Gasteiger partial charge in [-0.15, -0.1) is 11.3 Å². The summed E-state index contributed by atoms with van der Waals surface area (Å²) in [6.07, 6.45) is 5.53. The summed E-state index contributed by atoms with van der Waals surface area (Å²) in [4.78, 5) is 18.0. The zero-order chi connectivity index (χ0) is 13.9. The number of thiazole rings is 1. The van der Waals surface area contributed by atoms with E-state index < -0.39 is 0 Å². The van der Waals surface area contributed by atoms with Crippen LogP contribution in [0.1, 0.15) is 23.7 Å². The van der Waals surface area contributed by atoms with Crippen LogP contribution < -0.4 is 4.90 Å². The minimum absolute atomic E-state index is 0.403. The molecule has 0 aromatic carbocycles. The lowest BCUT2D eigenvalue weighted by atomic mass is 10.2. The van der Waals surface area contributed by atoms with Crippen molar-refractivity contribution in [1.82, 2.24) is 19.9 Å². The lowest BCUT2D eigenvalue weighted by Crippen LogP contribution is -2.47. The van der Waals surface area contributed by atoms with Crippen molar-refractivity contribution >= 4 is 17.2 Å². The van der Waals surface area contributed by atoms with Crippen molar-refractivity contribution in [2.45, 2.75) is 19.9 Å². The third-order valence-electron chi connectivity index (χ3n) is 3.74. The Morgan fingerprint density at radius 2 is 2.00 bits per heavy atom. The second kappa shape index (κ2) is 5.85. The minimum Gasteiger partial charge on any atom is -0.353 e. The van der Waals surface area contributed by atoms with E-state index in [0.29, 0.717) is 6.04 Å². The molecule has 20 heavy (non-hydrogen) atoms. The molecule has 1 aliphatic rings. The molecule has 6 heteroatoms. The van der Waals surface area contributed by atoms with Gasteiger partial charge in [-0.1, -0.05) is 0 Å². The van der Waals surface area contributed by atoms with Gasteiger partial charge in [-0.25, -0.2) is 9.97 Å². The van der Waals surface area contributed by atoms with Gasteiger partial charge in [0.05, 0.1) is 17.9 Å². The van der Waals surface area contributed by atoms with Crippen LogP contribution in [0.4, 0.5) is 5.82 Å². The van der Waals surface area contributed by atoms with Gasteiger partial charge >= 0.3 is 0 Å². The van der Waals surface area contributed by atoms with E-state index in [0.717, 1.165) is 37.7 Å². The van der Waals surface area contributed by atoms with Crippen LogP contribution in [0.5, 0.6) is 0 Å². The molecule has 2 aromatic rings. The molecule has 0 radical (unpaired) electrons. The van der Waals surface area contributed by atoms with Crippen molar-refractivity contribution in [3.63, 3.8) is 0 Å². The number of aromatic nitrogens is 3. The predicted molar refractivity (Wildman–Crippen MR) is 81.1 cm³/mol. The Morgan fingerprint density at radius 3 is 2.65 bits per heavy atom. The smallest absolute Gasteiger partial charge is 0.147 e. The summed E-state index contributed by atoms with van der Waals surface area (Å²) >= 11 is 1.74. The largest absolute Gasteiger partial charge is 0.353 e. The van der Waals surface area contributed by atoms with E-state index in [1.807, 2.05) is 24.7 Å². The number of piperazine rings is 1. The van der Waals surface area contributed by atoms with Crippen LogP contribution in [0.15, 0.2) is 24.0 Å². The topological polar surface area (TPSA) is 45.2 Å². The maximum absolute atomic E-state index is 4.55. The zero-order valence-corrected chi connectivity index (χ0v) is 12.7. The fraction of sp³-hybridized carbons (Fsp3) is 0.500. The quantitative estimate of drug-likeness (QED) is 0.866. The molecule has 0 spiro atoms. The first kappa shape index (κ1) is 13.5. The summed E-state index contributed by atoms with van der Waals surface area (Å²) in [5.41, 5.74) is 0.973. The van der Waals surface area contributed by atoms with E-state index in [2.05, 4.69) is 31.7 Å². The third kappa shape index (κ3) is 2.81. The fourth-order valence-electron chi connectivity index (χ4n) is 2.54. The first-order chi connectivity index (χ1) is 9.74. The molecular formula is C14H19N5S. The normalized spacial score (nSPS) is 18.2. The van der Waals surface area contributed by atoms with E-state index >= 15 is 0 Å². The second-order valence-electron chi connectivity index (χ2n) is 5.09. The molecule has 0 bridgehead atoms. The number of rotatable bonds is 3. The molecule has 1 fully saturated rings. The first-order valence-electron chi connectivity index (χ1n) is 6.91. The summed E-state index contributed by atoms with van der Waals surface area (Å²) in [5, 5.41) is 3.25. The van der Waals surface area contributed by atoms with Crippen LogP contribution in [-0.4, -0.2) is 46.0 Å². The van der Waals surface area contributed by atoms with E-state index in [4.69, 9.17) is 0 Å². The van der Waals surface area contributed by atoms with Gasteiger partial charge in [0.15, 0.2) is 0 Å². The monoisotopic (exact) mass is 289 g/mol. The van der Waals surface area contributed by atoms with Crippen molar-refractivity contribution in [2.75, 3.05) is 31.1 Å². The summed E-state index contributed by atoms with van der Waals surface area (Å²) in [6.45, 7) is 8.28. The SMILES string of the molecule is Cc1cncc(N2CCN(C(C)c3nccs3)CC2)n1. The lowest BCUT2D eigenvalue weighted by Gasteiger charge is -2.37. The molecule has 0 N–H and O–H groups in total. The number of aryl methyl sites for hydroxylation is 1. The van der Waals surface area contributed by atoms with E-state index in [9.17, 15) is 0 Å². The summed E-state index contributed by atoms with van der Waals surface area (Å²) in [7, 11) is 0. The van der Waals surface area contributed by atoms with Crippen molar-refractivity contribution in [3.05, 3.63) is 34.7 Å². The molecule has 3 heterocycles. The first-order valence-corrected chi connectivity index (χ1v) is 7.79. The van der Waals surface area contributed by atoms with Crippen LogP contribution in [0, 0.1) is 6.92 Å². The Morgan fingerprint density at radius 1 is 1.20 bits per heavy atom. The van der Waals surface area contributed by atoms with Gasteiger partial charge in [0.2, 0.25) is 0 Å². The molecule has 0 saturated carbocycles. The maximum Gasteiger partial charge on any atom is 0.147 e. The molecule has 0 aliphatic carbocycles. The van der Waals surface area contributed by atoms with Gasteiger partial charge in [-0.05, 0) is 13.8 Å². The Hall–Kier alpha value is -1.53. The minimum atomic E-state index is 0.403. The van der Waals surface area contributed by atoms with Gasteiger partial charge in [-0.2, -0.15) is 0 Å². The average molecular weight is 289 g/mol. The Bertz CT molecular complexity index is 548. The number of nitrogens with zero attached hydrogens (tertiary/aromatic N) is 5. The Balaban J connectivity index is 1.62. The van der Waals surface area contributed by atoms with Crippen molar-refractivity contribution in [1.29, 1.82) is 0 Å². The van der Waals surface area contributed by atoms with Crippen molar-refractivity contribution in [2.24, 2.45) is 0 Å². The summed E-state index contributed by atoms with van der Waals surface area (Å²) in [5.74, 6) is 0.992. The Labute approximate surface area is 123 Å². The fourth-order valence-corrected chi connectivity index (χ4v) is 3.27. The molecule has 1 atom stereocenters. The molecule has 1 saturated heterocycles. The van der Waals surface area contributed by atoms with Crippen LogP contribution in [0.3, 0.4) is 0 Å². The average Bonchev–Trinajstić information content (AvgIpc) is 3.01. The van der Waals surface area contributed by atoms with Crippen LogP contribution in [-0.2, 0) is 0 Å². The summed E-state index contributed by atoms with van der Waals surface area (Å²) < 4.78 is 0. The highest BCUT2D eigenvalue weighted by Crippen LogP contribution is 2.24. The molecular weight excluding hydrogens is 270 g/mol. The van der Waals surface area contributed by atoms with Gasteiger partial charge in [0.1, 0.15) is 10.8 Å². The van der Waals surface area contributed by atoms with Gasteiger partial charge in [0.25, 0.3) is 0 Å². The highest BCUT2D eigenvalue weighted by Gasteiger charge is 2.24. The number of hydrogen-bond acceptors (Lipinski definition) is 6. The molecule has 106 valence electrons. The van der Waals surface area contributed by atoms with E-state index in [-0.39, 0.29) is 0 Å². The molecule has 1 aliphatic heterocycles. The van der Waals surface area contributed by atoms with E-state index in [1.165, 1.54) is 5.01 Å².